The fourth-order valence-corrected chi connectivity index (χ4v) is 3.16. The standard InChI is InChI=1S/C21H26N2O/c1-17(2)12-13-22-14-15-23(16-18-8-4-3-5-9-18)20-11-7-6-10-19(20)21(22)24/h3-11,17H,12-16H2,1-2H3. The van der Waals surface area contributed by atoms with Crippen LogP contribution in [0.25, 0.3) is 0 Å². The first-order valence-corrected chi connectivity index (χ1v) is 8.82. The highest BCUT2D eigenvalue weighted by atomic mass is 16.2. The van der Waals surface area contributed by atoms with Crippen molar-refractivity contribution in [3.8, 4) is 0 Å². The minimum atomic E-state index is 0.168. The smallest absolute Gasteiger partial charge is 0.256 e. The molecule has 3 heteroatoms. The van der Waals surface area contributed by atoms with Crippen molar-refractivity contribution in [3.63, 3.8) is 0 Å². The lowest BCUT2D eigenvalue weighted by molar-refractivity contribution is 0.0759. The average Bonchev–Trinajstić information content (AvgIpc) is 2.72. The summed E-state index contributed by atoms with van der Waals surface area (Å²) in [6.07, 6.45) is 1.05. The average molecular weight is 322 g/mol. The molecular formula is C21H26N2O. The van der Waals surface area contributed by atoms with Crippen LogP contribution >= 0.6 is 0 Å². The molecule has 24 heavy (non-hydrogen) atoms. The van der Waals surface area contributed by atoms with Crippen molar-refractivity contribution in [1.82, 2.24) is 4.90 Å². The van der Waals surface area contributed by atoms with E-state index in [0.29, 0.717) is 5.92 Å². The number of hydrogen-bond acceptors (Lipinski definition) is 2. The Kier molecular flexibility index (Phi) is 5.19. The lowest BCUT2D eigenvalue weighted by atomic mass is 10.1. The molecule has 0 atom stereocenters. The van der Waals surface area contributed by atoms with Gasteiger partial charge in [0.1, 0.15) is 0 Å². The van der Waals surface area contributed by atoms with E-state index in [1.807, 2.05) is 29.2 Å². The van der Waals surface area contributed by atoms with Gasteiger partial charge in [-0.2, -0.15) is 0 Å². The van der Waals surface area contributed by atoms with Gasteiger partial charge in [-0.3, -0.25) is 4.79 Å². The number of para-hydroxylation sites is 1. The van der Waals surface area contributed by atoms with E-state index in [4.69, 9.17) is 0 Å². The summed E-state index contributed by atoms with van der Waals surface area (Å²) in [6, 6.07) is 18.5. The number of hydrogen-bond donors (Lipinski definition) is 0. The molecule has 2 aromatic rings. The molecule has 2 aromatic carbocycles. The highest BCUT2D eigenvalue weighted by molar-refractivity contribution is 6.00. The molecule has 0 saturated heterocycles. The van der Waals surface area contributed by atoms with Crippen molar-refractivity contribution < 1.29 is 4.79 Å². The summed E-state index contributed by atoms with van der Waals surface area (Å²) < 4.78 is 0. The zero-order valence-corrected chi connectivity index (χ0v) is 14.6. The number of rotatable bonds is 5. The van der Waals surface area contributed by atoms with Crippen LogP contribution in [-0.4, -0.2) is 30.4 Å². The molecule has 3 nitrogen and oxygen atoms in total. The lowest BCUT2D eigenvalue weighted by Gasteiger charge is -2.25. The van der Waals surface area contributed by atoms with Crippen LogP contribution in [0.2, 0.25) is 0 Å². The van der Waals surface area contributed by atoms with E-state index in [1.165, 1.54) is 5.56 Å². The van der Waals surface area contributed by atoms with Gasteiger partial charge in [-0.05, 0) is 30.0 Å². The van der Waals surface area contributed by atoms with Crippen molar-refractivity contribution >= 4 is 11.6 Å². The Morgan fingerprint density at radius 1 is 0.917 bits per heavy atom. The van der Waals surface area contributed by atoms with Gasteiger partial charge in [-0.1, -0.05) is 56.3 Å². The number of amides is 1. The Balaban J connectivity index is 1.85. The minimum Gasteiger partial charge on any atom is -0.365 e. The molecule has 1 heterocycles. The zero-order chi connectivity index (χ0) is 16.9. The van der Waals surface area contributed by atoms with Crippen LogP contribution in [0.1, 0.15) is 36.2 Å². The molecule has 0 aromatic heterocycles. The summed E-state index contributed by atoms with van der Waals surface area (Å²) >= 11 is 0. The molecule has 0 bridgehead atoms. The molecule has 0 spiro atoms. The zero-order valence-electron chi connectivity index (χ0n) is 14.6. The largest absolute Gasteiger partial charge is 0.365 e. The van der Waals surface area contributed by atoms with Crippen molar-refractivity contribution in [1.29, 1.82) is 0 Å². The van der Waals surface area contributed by atoms with Gasteiger partial charge in [0.25, 0.3) is 5.91 Å². The Morgan fingerprint density at radius 2 is 1.58 bits per heavy atom. The van der Waals surface area contributed by atoms with Crippen LogP contribution < -0.4 is 4.90 Å². The second-order valence-electron chi connectivity index (χ2n) is 6.90. The maximum atomic E-state index is 12.9. The van der Waals surface area contributed by atoms with Crippen LogP contribution in [0.15, 0.2) is 54.6 Å². The molecule has 0 unspecified atom stereocenters. The third-order valence-electron chi connectivity index (χ3n) is 4.59. The van der Waals surface area contributed by atoms with Gasteiger partial charge in [-0.15, -0.1) is 0 Å². The number of carbonyl (C=O) groups is 1. The highest BCUT2D eigenvalue weighted by Gasteiger charge is 2.25. The van der Waals surface area contributed by atoms with Crippen LogP contribution in [0.3, 0.4) is 0 Å². The maximum absolute atomic E-state index is 12.9. The molecule has 0 radical (unpaired) electrons. The SMILES string of the molecule is CC(C)CCN1CCN(Cc2ccccc2)c2ccccc2C1=O. The van der Waals surface area contributed by atoms with Gasteiger partial charge in [0.2, 0.25) is 0 Å². The monoisotopic (exact) mass is 322 g/mol. The fraction of sp³-hybridized carbons (Fsp3) is 0.381. The van der Waals surface area contributed by atoms with E-state index >= 15 is 0 Å². The molecule has 0 fully saturated rings. The Bertz CT molecular complexity index is 681. The number of fused-ring (bicyclic) bond motifs is 1. The van der Waals surface area contributed by atoms with E-state index in [0.717, 1.165) is 43.9 Å². The van der Waals surface area contributed by atoms with Crippen molar-refractivity contribution in [2.75, 3.05) is 24.5 Å². The summed E-state index contributed by atoms with van der Waals surface area (Å²) in [4.78, 5) is 17.3. The van der Waals surface area contributed by atoms with Crippen molar-refractivity contribution in [3.05, 3.63) is 65.7 Å². The van der Waals surface area contributed by atoms with Crippen LogP contribution in [-0.2, 0) is 6.54 Å². The number of carbonyl (C=O) groups excluding carboxylic acids is 1. The van der Waals surface area contributed by atoms with Gasteiger partial charge < -0.3 is 9.80 Å². The topological polar surface area (TPSA) is 23.6 Å². The van der Waals surface area contributed by atoms with Crippen molar-refractivity contribution in [2.24, 2.45) is 5.92 Å². The Labute approximate surface area is 144 Å². The minimum absolute atomic E-state index is 0.168. The van der Waals surface area contributed by atoms with Crippen molar-refractivity contribution in [2.45, 2.75) is 26.8 Å². The molecule has 0 N–H and O–H groups in total. The summed E-state index contributed by atoms with van der Waals surface area (Å²) in [7, 11) is 0. The molecule has 1 aliphatic heterocycles. The third kappa shape index (κ3) is 3.78. The van der Waals surface area contributed by atoms with Gasteiger partial charge >= 0.3 is 0 Å². The number of benzene rings is 2. The first-order chi connectivity index (χ1) is 11.6. The third-order valence-corrected chi connectivity index (χ3v) is 4.59. The molecule has 0 saturated carbocycles. The second-order valence-corrected chi connectivity index (χ2v) is 6.90. The summed E-state index contributed by atoms with van der Waals surface area (Å²) in [6.45, 7) is 7.74. The van der Waals surface area contributed by atoms with E-state index in [2.05, 4.69) is 49.1 Å². The molecule has 0 aliphatic carbocycles. The van der Waals surface area contributed by atoms with Crippen LogP contribution in [0.4, 0.5) is 5.69 Å². The normalized spacial score (nSPS) is 14.7. The summed E-state index contributed by atoms with van der Waals surface area (Å²) in [5, 5.41) is 0. The quantitative estimate of drug-likeness (QED) is 0.824. The van der Waals surface area contributed by atoms with Gasteiger partial charge in [0, 0.05) is 31.9 Å². The van der Waals surface area contributed by atoms with Gasteiger partial charge in [0.15, 0.2) is 0 Å². The van der Waals surface area contributed by atoms with Gasteiger partial charge in [-0.25, -0.2) is 0 Å². The van der Waals surface area contributed by atoms with E-state index in [-0.39, 0.29) is 5.91 Å². The number of nitrogens with zero attached hydrogens (tertiary/aromatic N) is 2. The highest BCUT2D eigenvalue weighted by Crippen LogP contribution is 2.26. The first kappa shape index (κ1) is 16.6. The second kappa shape index (κ2) is 7.52. The number of anilines is 1. The van der Waals surface area contributed by atoms with Crippen LogP contribution in [0.5, 0.6) is 0 Å². The summed E-state index contributed by atoms with van der Waals surface area (Å²) in [5.41, 5.74) is 3.16. The molecule has 126 valence electrons. The van der Waals surface area contributed by atoms with E-state index in [1.54, 1.807) is 0 Å². The van der Waals surface area contributed by atoms with Gasteiger partial charge in [0.05, 0.1) is 5.56 Å². The summed E-state index contributed by atoms with van der Waals surface area (Å²) in [5.74, 6) is 0.776. The molecule has 3 rings (SSSR count). The molecule has 1 amide bonds. The maximum Gasteiger partial charge on any atom is 0.256 e. The van der Waals surface area contributed by atoms with E-state index < -0.39 is 0 Å². The fourth-order valence-electron chi connectivity index (χ4n) is 3.16. The predicted octanol–water partition coefficient (Wildman–Crippen LogP) is 4.20. The van der Waals surface area contributed by atoms with Crippen LogP contribution in [0, 0.1) is 5.92 Å². The molecule has 1 aliphatic rings. The molecular weight excluding hydrogens is 296 g/mol. The first-order valence-electron chi connectivity index (χ1n) is 8.82. The Hall–Kier alpha value is -2.29. The lowest BCUT2D eigenvalue weighted by Crippen LogP contribution is -2.35. The van der Waals surface area contributed by atoms with E-state index in [9.17, 15) is 4.79 Å². The Morgan fingerprint density at radius 3 is 2.33 bits per heavy atom. The predicted molar refractivity (Wildman–Crippen MR) is 99.3 cm³/mol.